The number of benzene rings is 1. The Morgan fingerprint density at radius 1 is 1.44 bits per heavy atom. The van der Waals surface area contributed by atoms with Crippen LogP contribution < -0.4 is 5.32 Å². The molecule has 1 aromatic heterocycles. The summed E-state index contributed by atoms with van der Waals surface area (Å²) in [6, 6.07) is 6.39. The Labute approximate surface area is 93.9 Å². The SMILES string of the molecule is CCNCc1cnn(-c2cccc(F)c2)c1. The minimum Gasteiger partial charge on any atom is -0.313 e. The van der Waals surface area contributed by atoms with Crippen LogP contribution in [0.4, 0.5) is 4.39 Å². The molecule has 16 heavy (non-hydrogen) atoms. The van der Waals surface area contributed by atoms with Crippen molar-refractivity contribution < 1.29 is 4.39 Å². The first kappa shape index (κ1) is 10.8. The van der Waals surface area contributed by atoms with Crippen LogP contribution in [0.25, 0.3) is 5.69 Å². The van der Waals surface area contributed by atoms with Gasteiger partial charge >= 0.3 is 0 Å². The van der Waals surface area contributed by atoms with E-state index in [1.54, 1.807) is 16.9 Å². The number of rotatable bonds is 4. The van der Waals surface area contributed by atoms with Gasteiger partial charge < -0.3 is 5.32 Å². The lowest BCUT2D eigenvalue weighted by Gasteiger charge is -2.00. The third-order valence-electron chi connectivity index (χ3n) is 2.29. The molecule has 3 nitrogen and oxygen atoms in total. The highest BCUT2D eigenvalue weighted by molar-refractivity contribution is 5.31. The summed E-state index contributed by atoms with van der Waals surface area (Å²) in [4.78, 5) is 0. The lowest BCUT2D eigenvalue weighted by molar-refractivity contribution is 0.625. The summed E-state index contributed by atoms with van der Waals surface area (Å²) in [6.07, 6.45) is 3.69. The van der Waals surface area contributed by atoms with Crippen molar-refractivity contribution >= 4 is 0 Å². The number of hydrogen-bond acceptors (Lipinski definition) is 2. The first-order chi connectivity index (χ1) is 7.79. The van der Waals surface area contributed by atoms with Crippen LogP contribution in [-0.4, -0.2) is 16.3 Å². The van der Waals surface area contributed by atoms with Crippen molar-refractivity contribution in [2.24, 2.45) is 0 Å². The van der Waals surface area contributed by atoms with Crippen LogP contribution in [0.2, 0.25) is 0 Å². The molecule has 84 valence electrons. The van der Waals surface area contributed by atoms with Crippen molar-refractivity contribution in [3.05, 3.63) is 48.0 Å². The van der Waals surface area contributed by atoms with Crippen molar-refractivity contribution in [3.63, 3.8) is 0 Å². The highest BCUT2D eigenvalue weighted by atomic mass is 19.1. The number of nitrogens with one attached hydrogen (secondary N) is 1. The minimum absolute atomic E-state index is 0.249. The second-order valence-corrected chi connectivity index (χ2v) is 3.55. The molecule has 1 N–H and O–H groups in total. The summed E-state index contributed by atoms with van der Waals surface area (Å²) in [7, 11) is 0. The zero-order valence-electron chi connectivity index (χ0n) is 9.15. The van der Waals surface area contributed by atoms with E-state index in [9.17, 15) is 4.39 Å². The quantitative estimate of drug-likeness (QED) is 0.853. The van der Waals surface area contributed by atoms with E-state index in [-0.39, 0.29) is 5.82 Å². The standard InChI is InChI=1S/C12H14FN3/c1-2-14-7-10-8-15-16(9-10)12-5-3-4-11(13)6-12/h3-6,8-9,14H,2,7H2,1H3. The Morgan fingerprint density at radius 2 is 2.31 bits per heavy atom. The van der Waals surface area contributed by atoms with Gasteiger partial charge in [0.15, 0.2) is 0 Å². The smallest absolute Gasteiger partial charge is 0.125 e. The Kier molecular flexibility index (Phi) is 3.31. The maximum Gasteiger partial charge on any atom is 0.125 e. The van der Waals surface area contributed by atoms with Crippen LogP contribution >= 0.6 is 0 Å². The van der Waals surface area contributed by atoms with Gasteiger partial charge in [0.05, 0.1) is 11.9 Å². The average molecular weight is 219 g/mol. The van der Waals surface area contributed by atoms with Gasteiger partial charge in [-0.3, -0.25) is 0 Å². The third-order valence-corrected chi connectivity index (χ3v) is 2.29. The minimum atomic E-state index is -0.249. The lowest BCUT2D eigenvalue weighted by Crippen LogP contribution is -2.10. The molecule has 0 aliphatic heterocycles. The Bertz CT molecular complexity index is 465. The molecule has 0 atom stereocenters. The molecule has 0 aliphatic rings. The molecular weight excluding hydrogens is 205 g/mol. The molecule has 0 unspecified atom stereocenters. The Morgan fingerprint density at radius 3 is 3.06 bits per heavy atom. The van der Waals surface area contributed by atoms with Crippen LogP contribution in [0, 0.1) is 5.82 Å². The van der Waals surface area contributed by atoms with Gasteiger partial charge in [0, 0.05) is 18.3 Å². The second kappa shape index (κ2) is 4.90. The van der Waals surface area contributed by atoms with Crippen LogP contribution in [0.5, 0.6) is 0 Å². The molecule has 0 saturated carbocycles. The van der Waals surface area contributed by atoms with Gasteiger partial charge in [0.1, 0.15) is 5.82 Å². The van der Waals surface area contributed by atoms with Gasteiger partial charge in [0.25, 0.3) is 0 Å². The molecule has 0 saturated heterocycles. The van der Waals surface area contributed by atoms with Gasteiger partial charge in [-0.2, -0.15) is 5.10 Å². The van der Waals surface area contributed by atoms with E-state index in [4.69, 9.17) is 0 Å². The van der Waals surface area contributed by atoms with E-state index in [0.29, 0.717) is 0 Å². The predicted octanol–water partition coefficient (Wildman–Crippen LogP) is 2.12. The van der Waals surface area contributed by atoms with E-state index in [2.05, 4.69) is 17.3 Å². The lowest BCUT2D eigenvalue weighted by atomic mass is 10.3. The Balaban J connectivity index is 2.18. The fraction of sp³-hybridized carbons (Fsp3) is 0.250. The van der Waals surface area contributed by atoms with Crippen molar-refractivity contribution in [3.8, 4) is 5.69 Å². The molecular formula is C12H14FN3. The molecule has 0 fully saturated rings. The van der Waals surface area contributed by atoms with Crippen molar-refractivity contribution in [2.75, 3.05) is 6.54 Å². The fourth-order valence-corrected chi connectivity index (χ4v) is 1.48. The van der Waals surface area contributed by atoms with Crippen LogP contribution in [0.1, 0.15) is 12.5 Å². The van der Waals surface area contributed by atoms with Crippen molar-refractivity contribution in [1.82, 2.24) is 15.1 Å². The molecule has 2 aromatic rings. The summed E-state index contributed by atoms with van der Waals surface area (Å²) < 4.78 is 14.7. The summed E-state index contributed by atoms with van der Waals surface area (Å²) in [6.45, 7) is 3.76. The number of aromatic nitrogens is 2. The number of hydrogen-bond donors (Lipinski definition) is 1. The molecule has 4 heteroatoms. The van der Waals surface area contributed by atoms with E-state index < -0.39 is 0 Å². The topological polar surface area (TPSA) is 29.9 Å². The van der Waals surface area contributed by atoms with Crippen molar-refractivity contribution in [2.45, 2.75) is 13.5 Å². The van der Waals surface area contributed by atoms with Gasteiger partial charge in [-0.05, 0) is 24.7 Å². The van der Waals surface area contributed by atoms with E-state index >= 15 is 0 Å². The molecule has 0 bridgehead atoms. The molecule has 2 rings (SSSR count). The molecule has 0 radical (unpaired) electrons. The third kappa shape index (κ3) is 2.46. The molecule has 0 spiro atoms. The molecule has 1 heterocycles. The summed E-state index contributed by atoms with van der Waals surface area (Å²) in [5.74, 6) is -0.249. The van der Waals surface area contributed by atoms with Gasteiger partial charge in [0.2, 0.25) is 0 Å². The maximum atomic E-state index is 13.0. The zero-order valence-corrected chi connectivity index (χ0v) is 9.15. The monoisotopic (exact) mass is 219 g/mol. The molecule has 0 amide bonds. The Hall–Kier alpha value is -1.68. The largest absolute Gasteiger partial charge is 0.313 e. The summed E-state index contributed by atoms with van der Waals surface area (Å²) in [5, 5.41) is 7.40. The number of halogens is 1. The second-order valence-electron chi connectivity index (χ2n) is 3.55. The van der Waals surface area contributed by atoms with Gasteiger partial charge in [-0.15, -0.1) is 0 Å². The highest BCUT2D eigenvalue weighted by Crippen LogP contribution is 2.09. The summed E-state index contributed by atoms with van der Waals surface area (Å²) >= 11 is 0. The van der Waals surface area contributed by atoms with Crippen LogP contribution in [0.3, 0.4) is 0 Å². The predicted molar refractivity (Wildman–Crippen MR) is 60.9 cm³/mol. The van der Waals surface area contributed by atoms with E-state index in [1.165, 1.54) is 12.1 Å². The first-order valence-electron chi connectivity index (χ1n) is 5.30. The first-order valence-corrected chi connectivity index (χ1v) is 5.30. The highest BCUT2D eigenvalue weighted by Gasteiger charge is 2.01. The van der Waals surface area contributed by atoms with Crippen molar-refractivity contribution in [1.29, 1.82) is 0 Å². The van der Waals surface area contributed by atoms with E-state index in [1.807, 2.05) is 12.3 Å². The normalized spacial score (nSPS) is 10.6. The average Bonchev–Trinajstić information content (AvgIpc) is 2.75. The zero-order chi connectivity index (χ0) is 11.4. The van der Waals surface area contributed by atoms with E-state index in [0.717, 1.165) is 24.3 Å². The molecule has 1 aromatic carbocycles. The maximum absolute atomic E-state index is 13.0. The van der Waals surface area contributed by atoms with Crippen LogP contribution in [0.15, 0.2) is 36.7 Å². The fourth-order valence-electron chi connectivity index (χ4n) is 1.48. The molecule has 0 aliphatic carbocycles. The van der Waals surface area contributed by atoms with Gasteiger partial charge in [-0.1, -0.05) is 13.0 Å². The van der Waals surface area contributed by atoms with Crippen LogP contribution in [-0.2, 0) is 6.54 Å². The summed E-state index contributed by atoms with van der Waals surface area (Å²) in [5.41, 5.74) is 1.83. The number of nitrogens with zero attached hydrogens (tertiary/aromatic N) is 2. The van der Waals surface area contributed by atoms with Gasteiger partial charge in [-0.25, -0.2) is 9.07 Å².